The summed E-state index contributed by atoms with van der Waals surface area (Å²) in [5.41, 5.74) is 0.551. The van der Waals surface area contributed by atoms with Crippen molar-refractivity contribution in [3.05, 3.63) is 29.0 Å². The molecule has 128 valence electrons. The van der Waals surface area contributed by atoms with Crippen molar-refractivity contribution in [1.82, 2.24) is 15.2 Å². The van der Waals surface area contributed by atoms with Crippen LogP contribution in [0.1, 0.15) is 37.0 Å². The van der Waals surface area contributed by atoms with Gasteiger partial charge in [0.15, 0.2) is 0 Å². The van der Waals surface area contributed by atoms with Gasteiger partial charge < -0.3 is 10.1 Å². The Bertz CT molecular complexity index is 502. The maximum Gasteiger partial charge on any atom is 0.251 e. The van der Waals surface area contributed by atoms with Crippen molar-refractivity contribution in [1.29, 1.82) is 0 Å². The summed E-state index contributed by atoms with van der Waals surface area (Å²) in [6.45, 7) is 8.47. The first kappa shape index (κ1) is 18.2. The van der Waals surface area contributed by atoms with E-state index in [-0.39, 0.29) is 5.91 Å². The number of hydrogen-bond donors (Lipinski definition) is 1. The van der Waals surface area contributed by atoms with Crippen LogP contribution in [0.3, 0.4) is 0 Å². The lowest BCUT2D eigenvalue weighted by molar-refractivity contribution is 0.00191. The summed E-state index contributed by atoms with van der Waals surface area (Å²) in [7, 11) is 0. The Hall–Kier alpha value is -1.17. The lowest BCUT2D eigenvalue weighted by Gasteiger charge is -2.38. The number of nitrogens with one attached hydrogen (secondary N) is 1. The van der Waals surface area contributed by atoms with Gasteiger partial charge in [0, 0.05) is 37.4 Å². The van der Waals surface area contributed by atoms with Crippen LogP contribution in [-0.4, -0.2) is 54.7 Å². The number of halogens is 1. The van der Waals surface area contributed by atoms with Crippen LogP contribution in [0, 0.1) is 5.92 Å². The van der Waals surface area contributed by atoms with Crippen molar-refractivity contribution in [2.45, 2.75) is 32.7 Å². The van der Waals surface area contributed by atoms with E-state index in [4.69, 9.17) is 16.3 Å². The van der Waals surface area contributed by atoms with Gasteiger partial charge in [0.1, 0.15) is 5.15 Å². The van der Waals surface area contributed by atoms with Crippen LogP contribution >= 0.6 is 11.6 Å². The van der Waals surface area contributed by atoms with E-state index < -0.39 is 0 Å². The zero-order chi connectivity index (χ0) is 16.7. The molecule has 0 aliphatic carbocycles. The quantitative estimate of drug-likeness (QED) is 0.776. The topological polar surface area (TPSA) is 54.5 Å². The normalized spacial score (nSPS) is 17.2. The van der Waals surface area contributed by atoms with Crippen LogP contribution < -0.4 is 5.32 Å². The number of pyridine rings is 1. The number of carbonyl (C=O) groups is 1. The largest absolute Gasteiger partial charge is 0.379 e. The Kier molecular flexibility index (Phi) is 7.27. The van der Waals surface area contributed by atoms with Crippen molar-refractivity contribution in [3.8, 4) is 0 Å². The Balaban J connectivity index is 2.00. The highest BCUT2D eigenvalue weighted by atomic mass is 35.5. The molecule has 2 rings (SSSR count). The molecule has 1 atom stereocenters. The van der Waals surface area contributed by atoms with Gasteiger partial charge in [-0.1, -0.05) is 38.3 Å². The van der Waals surface area contributed by atoms with Gasteiger partial charge in [-0.25, -0.2) is 4.98 Å². The lowest BCUT2D eigenvalue weighted by atomic mass is 9.92. The third kappa shape index (κ3) is 5.16. The molecule has 0 aromatic carbocycles. The van der Waals surface area contributed by atoms with Crippen LogP contribution in [0.5, 0.6) is 0 Å². The molecule has 0 radical (unpaired) electrons. The van der Waals surface area contributed by atoms with Crippen LogP contribution in [0.4, 0.5) is 0 Å². The van der Waals surface area contributed by atoms with Gasteiger partial charge in [-0.15, -0.1) is 0 Å². The molecule has 5 nitrogen and oxygen atoms in total. The molecule has 0 saturated carbocycles. The fraction of sp³-hybridized carbons (Fsp3) is 0.647. The van der Waals surface area contributed by atoms with E-state index in [1.54, 1.807) is 18.3 Å². The smallest absolute Gasteiger partial charge is 0.251 e. The minimum atomic E-state index is -0.0986. The van der Waals surface area contributed by atoms with Gasteiger partial charge in [-0.3, -0.25) is 9.69 Å². The predicted octanol–water partition coefficient (Wildman–Crippen LogP) is 2.60. The number of amides is 1. The summed E-state index contributed by atoms with van der Waals surface area (Å²) in [6.07, 6.45) is 3.77. The highest BCUT2D eigenvalue weighted by Gasteiger charge is 2.27. The molecule has 0 bridgehead atoms. The van der Waals surface area contributed by atoms with Gasteiger partial charge in [-0.2, -0.15) is 0 Å². The minimum absolute atomic E-state index is 0.0986. The van der Waals surface area contributed by atoms with Crippen LogP contribution in [0.15, 0.2) is 18.3 Å². The highest BCUT2D eigenvalue weighted by molar-refractivity contribution is 6.29. The number of ether oxygens (including phenoxy) is 1. The van der Waals surface area contributed by atoms with Crippen molar-refractivity contribution >= 4 is 17.5 Å². The Morgan fingerprint density at radius 2 is 2.09 bits per heavy atom. The molecule has 1 aromatic heterocycles. The Morgan fingerprint density at radius 1 is 1.39 bits per heavy atom. The van der Waals surface area contributed by atoms with Gasteiger partial charge in [-0.05, 0) is 18.1 Å². The van der Waals surface area contributed by atoms with Crippen molar-refractivity contribution < 1.29 is 9.53 Å². The molecule has 1 saturated heterocycles. The average Bonchev–Trinajstić information content (AvgIpc) is 2.59. The van der Waals surface area contributed by atoms with E-state index in [0.717, 1.165) is 39.1 Å². The third-order valence-corrected chi connectivity index (χ3v) is 4.77. The summed E-state index contributed by atoms with van der Waals surface area (Å²) >= 11 is 5.86. The molecule has 0 spiro atoms. The fourth-order valence-electron chi connectivity index (χ4n) is 3.18. The zero-order valence-corrected chi connectivity index (χ0v) is 14.7. The number of aromatic nitrogens is 1. The first-order valence-electron chi connectivity index (χ1n) is 8.37. The second kappa shape index (κ2) is 9.21. The van der Waals surface area contributed by atoms with Gasteiger partial charge in [0.25, 0.3) is 5.91 Å². The summed E-state index contributed by atoms with van der Waals surface area (Å²) in [4.78, 5) is 18.7. The molecule has 1 aliphatic rings. The molecular weight excluding hydrogens is 314 g/mol. The van der Waals surface area contributed by atoms with Crippen LogP contribution in [-0.2, 0) is 4.74 Å². The molecule has 1 aliphatic heterocycles. The van der Waals surface area contributed by atoms with Crippen molar-refractivity contribution in [2.24, 2.45) is 5.92 Å². The molecule has 1 unspecified atom stereocenters. The summed E-state index contributed by atoms with van der Waals surface area (Å²) < 4.78 is 5.45. The van der Waals surface area contributed by atoms with Gasteiger partial charge >= 0.3 is 0 Å². The standard InChI is InChI=1S/C17H26ClN3O2/c1-3-13(4-2)15(21-7-9-23-10-8-21)12-20-17(22)14-5-6-19-16(18)11-14/h5-6,11,13,15H,3-4,7-10,12H2,1-2H3,(H,20,22). The Morgan fingerprint density at radius 3 is 2.70 bits per heavy atom. The first-order valence-corrected chi connectivity index (χ1v) is 8.75. The molecular formula is C17H26ClN3O2. The summed E-state index contributed by atoms with van der Waals surface area (Å²) in [5.74, 6) is 0.466. The number of morpholine rings is 1. The highest BCUT2D eigenvalue weighted by Crippen LogP contribution is 2.19. The number of nitrogens with zero attached hydrogens (tertiary/aromatic N) is 2. The van der Waals surface area contributed by atoms with E-state index in [1.165, 1.54) is 0 Å². The van der Waals surface area contributed by atoms with E-state index in [2.05, 4.69) is 29.0 Å². The summed E-state index contributed by atoms with van der Waals surface area (Å²) in [5, 5.41) is 3.40. The molecule has 1 aromatic rings. The van der Waals surface area contributed by atoms with Crippen molar-refractivity contribution in [2.75, 3.05) is 32.8 Å². The van der Waals surface area contributed by atoms with E-state index in [1.807, 2.05) is 0 Å². The zero-order valence-electron chi connectivity index (χ0n) is 13.9. The maximum atomic E-state index is 12.3. The number of hydrogen-bond acceptors (Lipinski definition) is 4. The van der Waals surface area contributed by atoms with Crippen LogP contribution in [0.25, 0.3) is 0 Å². The maximum absolute atomic E-state index is 12.3. The molecule has 6 heteroatoms. The molecule has 1 amide bonds. The molecule has 1 fully saturated rings. The predicted molar refractivity (Wildman–Crippen MR) is 91.8 cm³/mol. The van der Waals surface area contributed by atoms with Crippen LogP contribution in [0.2, 0.25) is 5.15 Å². The monoisotopic (exact) mass is 339 g/mol. The van der Waals surface area contributed by atoms with E-state index in [0.29, 0.717) is 29.2 Å². The average molecular weight is 340 g/mol. The number of carbonyl (C=O) groups excluding carboxylic acids is 1. The van der Waals surface area contributed by atoms with Crippen molar-refractivity contribution in [3.63, 3.8) is 0 Å². The first-order chi connectivity index (χ1) is 11.2. The van der Waals surface area contributed by atoms with Gasteiger partial charge in [0.2, 0.25) is 0 Å². The van der Waals surface area contributed by atoms with Gasteiger partial charge in [0.05, 0.1) is 13.2 Å². The Labute approximate surface area is 143 Å². The molecule has 23 heavy (non-hydrogen) atoms. The van der Waals surface area contributed by atoms with E-state index in [9.17, 15) is 4.79 Å². The summed E-state index contributed by atoms with van der Waals surface area (Å²) in [6, 6.07) is 3.62. The minimum Gasteiger partial charge on any atom is -0.379 e. The number of rotatable bonds is 7. The second-order valence-corrected chi connectivity index (χ2v) is 6.26. The van der Waals surface area contributed by atoms with E-state index >= 15 is 0 Å². The third-order valence-electron chi connectivity index (χ3n) is 4.57. The second-order valence-electron chi connectivity index (χ2n) is 5.87. The fourth-order valence-corrected chi connectivity index (χ4v) is 3.35. The SMILES string of the molecule is CCC(CC)C(CNC(=O)c1ccnc(Cl)c1)N1CCOCC1. The lowest BCUT2D eigenvalue weighted by Crippen LogP contribution is -2.52. The molecule has 1 N–H and O–H groups in total. The molecule has 2 heterocycles.